The Morgan fingerprint density at radius 3 is 1.87 bits per heavy atom. The van der Waals surface area contributed by atoms with Gasteiger partial charge in [-0.3, -0.25) is 19.6 Å². The van der Waals surface area contributed by atoms with Gasteiger partial charge >= 0.3 is 0 Å². The summed E-state index contributed by atoms with van der Waals surface area (Å²) in [5, 5.41) is 23.3. The van der Waals surface area contributed by atoms with Crippen LogP contribution in [0, 0.1) is 11.8 Å². The fraction of sp³-hybridized carbons (Fsp3) is 0.227. The number of carbonyl (C=O) groups excluding carboxylic acids is 3. The highest BCUT2D eigenvalue weighted by Gasteiger charge is 2.25. The van der Waals surface area contributed by atoms with Crippen molar-refractivity contribution < 1.29 is 24.7 Å². The second-order valence-corrected chi connectivity index (χ2v) is 6.85. The van der Waals surface area contributed by atoms with Crippen molar-refractivity contribution in [3.8, 4) is 11.8 Å². The van der Waals surface area contributed by atoms with E-state index in [1.807, 2.05) is 0 Å². The first-order valence-corrected chi connectivity index (χ1v) is 9.42. The summed E-state index contributed by atoms with van der Waals surface area (Å²) in [6, 6.07) is 11.4. The summed E-state index contributed by atoms with van der Waals surface area (Å²) in [5.74, 6) is 4.16. The van der Waals surface area contributed by atoms with Crippen LogP contribution in [0.1, 0.15) is 35.3 Å². The van der Waals surface area contributed by atoms with E-state index in [1.54, 1.807) is 43.3 Å². The van der Waals surface area contributed by atoms with Gasteiger partial charge < -0.3 is 21.5 Å². The number of nitrogens with two attached hydrogens (primary N) is 1. The topological polar surface area (TPSA) is 154 Å². The van der Waals surface area contributed by atoms with E-state index in [0.29, 0.717) is 11.3 Å². The van der Waals surface area contributed by atoms with Crippen molar-refractivity contribution in [2.75, 3.05) is 5.32 Å². The average molecular weight is 424 g/mol. The summed E-state index contributed by atoms with van der Waals surface area (Å²) in [4.78, 5) is 35.4. The van der Waals surface area contributed by atoms with Crippen LogP contribution in [0.3, 0.4) is 0 Å². The minimum atomic E-state index is -1.29. The molecule has 0 bridgehead atoms. The van der Waals surface area contributed by atoms with E-state index in [9.17, 15) is 19.5 Å². The highest BCUT2D eigenvalue weighted by molar-refractivity contribution is 5.97. The van der Waals surface area contributed by atoms with Crippen LogP contribution >= 0.6 is 0 Å². The Hall–Kier alpha value is -3.71. The molecule has 0 saturated heterocycles. The van der Waals surface area contributed by atoms with Crippen LogP contribution < -0.4 is 21.8 Å². The molecular formula is C22H24N4O5. The lowest BCUT2D eigenvalue weighted by Crippen LogP contribution is -2.51. The number of hydrogen-bond donors (Lipinski definition) is 6. The normalized spacial score (nSPS) is 13.1. The Labute approximate surface area is 179 Å². The first-order valence-electron chi connectivity index (χ1n) is 9.42. The molecule has 9 heteroatoms. The molecule has 9 nitrogen and oxygen atoms in total. The van der Waals surface area contributed by atoms with Crippen molar-refractivity contribution in [1.29, 1.82) is 0 Å². The number of rotatable bonds is 6. The molecule has 0 heterocycles. The Morgan fingerprint density at radius 2 is 1.42 bits per heavy atom. The zero-order valence-corrected chi connectivity index (χ0v) is 17.0. The van der Waals surface area contributed by atoms with Gasteiger partial charge in [0.1, 0.15) is 6.04 Å². The van der Waals surface area contributed by atoms with Gasteiger partial charge in [-0.1, -0.05) is 11.8 Å². The lowest BCUT2D eigenvalue weighted by Gasteiger charge is -2.19. The maximum Gasteiger partial charge on any atom is 0.268 e. The first-order chi connectivity index (χ1) is 14.7. The Morgan fingerprint density at radius 1 is 0.903 bits per heavy atom. The number of aliphatic hydroxyl groups is 1. The van der Waals surface area contributed by atoms with Crippen LogP contribution in [0.25, 0.3) is 0 Å². The van der Waals surface area contributed by atoms with Gasteiger partial charge in [-0.2, -0.15) is 0 Å². The number of anilines is 1. The number of nitrogens with one attached hydrogen (secondary N) is 3. The molecule has 2 aromatic carbocycles. The molecule has 0 aromatic heterocycles. The summed E-state index contributed by atoms with van der Waals surface area (Å²) in [7, 11) is 0. The summed E-state index contributed by atoms with van der Waals surface area (Å²) in [6.45, 7) is 2.92. The first kappa shape index (κ1) is 23.6. The predicted molar refractivity (Wildman–Crippen MR) is 114 cm³/mol. The predicted octanol–water partition coefficient (Wildman–Crippen LogP) is 0.357. The van der Waals surface area contributed by atoms with E-state index in [0.717, 1.165) is 5.56 Å². The SMILES string of the molecule is C[C@H](N)C(=O)Nc1ccc(C#Cc2ccc(C(=O)N[C@H](C(=O)NO)[C@H](C)O)cc2)cc1. The van der Waals surface area contributed by atoms with Crippen LogP contribution in [0.2, 0.25) is 0 Å². The second-order valence-electron chi connectivity index (χ2n) is 6.85. The van der Waals surface area contributed by atoms with Crippen molar-refractivity contribution in [3.63, 3.8) is 0 Å². The van der Waals surface area contributed by atoms with Gasteiger partial charge in [0.05, 0.1) is 12.1 Å². The summed E-state index contributed by atoms with van der Waals surface area (Å²) < 4.78 is 0. The standard InChI is InChI=1S/C22H24N4O5/c1-13(23)20(28)24-18-11-7-16(8-12-18)4-3-15-5-9-17(10-6-15)21(29)25-19(14(2)27)22(30)26-31/h5-14,19,27,31H,23H2,1-2H3,(H,24,28)(H,25,29)(H,26,30)/t13-,14-,19-/m0/s1. The molecule has 0 aliphatic rings. The lowest BCUT2D eigenvalue weighted by atomic mass is 10.1. The smallest absolute Gasteiger partial charge is 0.268 e. The molecule has 0 unspecified atom stereocenters. The van der Waals surface area contributed by atoms with E-state index in [4.69, 9.17) is 10.9 Å². The van der Waals surface area contributed by atoms with Crippen LogP contribution in [0.4, 0.5) is 5.69 Å². The molecule has 2 aromatic rings. The van der Waals surface area contributed by atoms with Crippen molar-refractivity contribution in [3.05, 3.63) is 65.2 Å². The number of benzene rings is 2. The van der Waals surface area contributed by atoms with E-state index in [1.165, 1.54) is 24.5 Å². The van der Waals surface area contributed by atoms with Crippen molar-refractivity contribution in [2.45, 2.75) is 32.0 Å². The Bertz CT molecular complexity index is 989. The monoisotopic (exact) mass is 424 g/mol. The third-order valence-electron chi connectivity index (χ3n) is 4.23. The number of aliphatic hydroxyl groups excluding tert-OH is 1. The molecule has 162 valence electrons. The fourth-order valence-electron chi connectivity index (χ4n) is 2.44. The van der Waals surface area contributed by atoms with E-state index < -0.39 is 30.0 Å². The van der Waals surface area contributed by atoms with E-state index in [-0.39, 0.29) is 11.5 Å². The molecule has 3 atom stereocenters. The van der Waals surface area contributed by atoms with Gasteiger partial charge in [0.2, 0.25) is 5.91 Å². The zero-order chi connectivity index (χ0) is 23.0. The van der Waals surface area contributed by atoms with Crippen LogP contribution in [0.5, 0.6) is 0 Å². The number of amides is 3. The molecule has 0 fully saturated rings. The molecule has 3 amide bonds. The van der Waals surface area contributed by atoms with E-state index in [2.05, 4.69) is 22.5 Å². The Kier molecular flexibility index (Phi) is 8.28. The lowest BCUT2D eigenvalue weighted by molar-refractivity contribution is -0.133. The number of hydrogen-bond acceptors (Lipinski definition) is 6. The number of carbonyl (C=O) groups is 3. The zero-order valence-electron chi connectivity index (χ0n) is 17.0. The molecule has 31 heavy (non-hydrogen) atoms. The van der Waals surface area contributed by atoms with Crippen LogP contribution in [-0.2, 0) is 9.59 Å². The van der Waals surface area contributed by atoms with Gasteiger partial charge in [0.25, 0.3) is 11.8 Å². The quantitative estimate of drug-likeness (QED) is 0.224. The largest absolute Gasteiger partial charge is 0.391 e. The molecule has 0 saturated carbocycles. The molecular weight excluding hydrogens is 400 g/mol. The molecule has 2 rings (SSSR count). The van der Waals surface area contributed by atoms with Crippen molar-refractivity contribution in [1.82, 2.24) is 10.8 Å². The molecule has 0 aliphatic heterocycles. The maximum atomic E-state index is 12.3. The average Bonchev–Trinajstić information content (AvgIpc) is 2.76. The second kappa shape index (κ2) is 10.9. The molecule has 0 radical (unpaired) electrons. The van der Waals surface area contributed by atoms with Crippen molar-refractivity contribution >= 4 is 23.4 Å². The molecule has 0 aliphatic carbocycles. The third kappa shape index (κ3) is 6.94. The summed E-state index contributed by atoms with van der Waals surface area (Å²) in [6.07, 6.45) is -1.19. The highest BCUT2D eigenvalue weighted by Crippen LogP contribution is 2.10. The van der Waals surface area contributed by atoms with Crippen LogP contribution in [-0.4, -0.2) is 46.2 Å². The van der Waals surface area contributed by atoms with Gasteiger partial charge in [-0.25, -0.2) is 5.48 Å². The Balaban J connectivity index is 2.03. The van der Waals surface area contributed by atoms with Gasteiger partial charge in [-0.05, 0) is 62.4 Å². The van der Waals surface area contributed by atoms with Gasteiger partial charge in [0, 0.05) is 22.4 Å². The minimum Gasteiger partial charge on any atom is -0.391 e. The summed E-state index contributed by atoms with van der Waals surface area (Å²) in [5.41, 5.74) is 9.19. The van der Waals surface area contributed by atoms with Gasteiger partial charge in [-0.15, -0.1) is 0 Å². The van der Waals surface area contributed by atoms with Crippen LogP contribution in [0.15, 0.2) is 48.5 Å². The minimum absolute atomic E-state index is 0.260. The van der Waals surface area contributed by atoms with E-state index >= 15 is 0 Å². The highest BCUT2D eigenvalue weighted by atomic mass is 16.5. The fourth-order valence-corrected chi connectivity index (χ4v) is 2.44. The number of hydroxylamine groups is 1. The van der Waals surface area contributed by atoms with Gasteiger partial charge in [0.15, 0.2) is 0 Å². The van der Waals surface area contributed by atoms with Crippen molar-refractivity contribution in [2.24, 2.45) is 5.73 Å². The third-order valence-corrected chi connectivity index (χ3v) is 4.23. The molecule has 7 N–H and O–H groups in total. The maximum absolute atomic E-state index is 12.3. The molecule has 0 spiro atoms. The summed E-state index contributed by atoms with van der Waals surface area (Å²) >= 11 is 0.